The van der Waals surface area contributed by atoms with Gasteiger partial charge in [-0.3, -0.25) is 0 Å². The molecule has 0 N–H and O–H groups in total. The van der Waals surface area contributed by atoms with Gasteiger partial charge in [0, 0.05) is 0 Å². The second-order valence-corrected chi connectivity index (χ2v) is 25.1. The van der Waals surface area contributed by atoms with Crippen LogP contribution in [0.1, 0.15) is 39.5 Å². The summed E-state index contributed by atoms with van der Waals surface area (Å²) in [7, 11) is 13.3. The molecule has 123 valence electrons. The Kier molecular flexibility index (Phi) is 6.15. The van der Waals surface area contributed by atoms with Gasteiger partial charge in [-0.05, 0) is 0 Å². The maximum absolute atomic E-state index is 6.65. The van der Waals surface area contributed by atoms with Gasteiger partial charge in [-0.25, -0.2) is 0 Å². The molecule has 2 unspecified atom stereocenters. The number of hydrogen-bond donors (Lipinski definition) is 0. The third kappa shape index (κ3) is 3.42. The summed E-state index contributed by atoms with van der Waals surface area (Å²) < 4.78 is 2.32. The summed E-state index contributed by atoms with van der Waals surface area (Å²) in [4.78, 5) is 0. The average molecular weight is 575 g/mol. The normalized spacial score (nSPS) is 27.4. The van der Waals surface area contributed by atoms with Gasteiger partial charge in [-0.1, -0.05) is 0 Å². The van der Waals surface area contributed by atoms with Crippen LogP contribution in [0, 0.1) is 5.92 Å². The third-order valence-corrected chi connectivity index (χ3v) is 17.7. The van der Waals surface area contributed by atoms with Crippen LogP contribution in [0.4, 0.5) is 0 Å². The van der Waals surface area contributed by atoms with Crippen molar-refractivity contribution in [2.45, 2.75) is 54.7 Å². The molecular formula is C19H25Cl2GeHf. The molecule has 23 heavy (non-hydrogen) atoms. The van der Waals surface area contributed by atoms with Crippen LogP contribution in [0.25, 0.3) is 0 Å². The average Bonchev–Trinajstić information content (AvgIpc) is 3.04. The maximum atomic E-state index is 6.65. The van der Waals surface area contributed by atoms with Crippen LogP contribution < -0.4 is 0 Å². The molecule has 4 heteroatoms. The quantitative estimate of drug-likeness (QED) is 0.328. The summed E-state index contributed by atoms with van der Waals surface area (Å²) in [6.07, 6.45) is 11.7. The SMILES string of the molecule is CC1=C(C2=CC=CC2)C2=C(CCC[C](=[Ge]([CH3])[CH3])C2C)[CH]1[Hf]([Cl])[Cl]. The molecule has 0 saturated carbocycles. The summed E-state index contributed by atoms with van der Waals surface area (Å²) in [5.74, 6) is 5.65. The Balaban J connectivity index is 2.17. The van der Waals surface area contributed by atoms with E-state index in [1.807, 2.05) is 4.35 Å². The second kappa shape index (κ2) is 7.60. The van der Waals surface area contributed by atoms with Crippen LogP contribution in [0.3, 0.4) is 0 Å². The van der Waals surface area contributed by atoms with Crippen molar-refractivity contribution < 1.29 is 19.1 Å². The van der Waals surface area contributed by atoms with E-state index in [4.69, 9.17) is 17.2 Å². The Labute approximate surface area is 160 Å². The summed E-state index contributed by atoms with van der Waals surface area (Å²) in [6.45, 7) is 4.77. The monoisotopic (exact) mass is 577 g/mol. The van der Waals surface area contributed by atoms with Crippen molar-refractivity contribution in [3.05, 3.63) is 46.1 Å². The van der Waals surface area contributed by atoms with Crippen LogP contribution in [-0.2, 0) is 19.1 Å². The van der Waals surface area contributed by atoms with E-state index in [0.29, 0.717) is 9.59 Å². The molecule has 0 amide bonds. The van der Waals surface area contributed by atoms with E-state index in [2.05, 4.69) is 43.6 Å². The standard InChI is InChI=1S/C19H25Ge.2ClH.Hf/c1-13-12-16-10-7-11-17(20(3)4)14(2)19(16)18(13)15-8-5-6-9-15;;;/h5-6,8,12,14H,7,9-11H2,1-4H3;2*1H;/q;;;+2/p-2. The minimum atomic E-state index is -2.53. The molecule has 3 aliphatic carbocycles. The molecule has 0 aromatic heterocycles. The van der Waals surface area contributed by atoms with Crippen LogP contribution >= 0.6 is 17.2 Å². The van der Waals surface area contributed by atoms with Gasteiger partial charge in [0.25, 0.3) is 0 Å². The molecule has 0 radical (unpaired) electrons. The third-order valence-electron chi connectivity index (χ3n) is 5.59. The first-order chi connectivity index (χ1) is 10.9. The summed E-state index contributed by atoms with van der Waals surface area (Å²) in [5.41, 5.74) is 7.83. The van der Waals surface area contributed by atoms with E-state index in [0.717, 1.165) is 6.42 Å². The molecular weight excluding hydrogens is 550 g/mol. The van der Waals surface area contributed by atoms with Gasteiger partial charge in [0.2, 0.25) is 0 Å². The van der Waals surface area contributed by atoms with Crippen molar-refractivity contribution >= 4 is 35.4 Å². The molecule has 0 heterocycles. The van der Waals surface area contributed by atoms with Gasteiger partial charge in [0.05, 0.1) is 0 Å². The number of hydrogen-bond acceptors (Lipinski definition) is 0. The van der Waals surface area contributed by atoms with Crippen molar-refractivity contribution in [3.8, 4) is 0 Å². The Hall–Kier alpha value is 0.823. The van der Waals surface area contributed by atoms with Gasteiger partial charge >= 0.3 is 161 Å². The summed E-state index contributed by atoms with van der Waals surface area (Å²) in [5, 5.41) is 0. The van der Waals surface area contributed by atoms with E-state index in [-0.39, 0.29) is 0 Å². The Morgan fingerprint density at radius 1 is 1.22 bits per heavy atom. The predicted octanol–water partition coefficient (Wildman–Crippen LogP) is 6.54. The van der Waals surface area contributed by atoms with E-state index in [9.17, 15) is 0 Å². The van der Waals surface area contributed by atoms with Crippen molar-refractivity contribution in [3.63, 3.8) is 0 Å². The van der Waals surface area contributed by atoms with Gasteiger partial charge in [0.1, 0.15) is 0 Å². The van der Waals surface area contributed by atoms with Crippen LogP contribution in [0.2, 0.25) is 15.2 Å². The number of rotatable bonds is 2. The summed E-state index contributed by atoms with van der Waals surface area (Å²) >= 11 is -3.54. The predicted molar refractivity (Wildman–Crippen MR) is 103 cm³/mol. The topological polar surface area (TPSA) is 0 Å². The Bertz CT molecular complexity index is 675. The summed E-state index contributed by atoms with van der Waals surface area (Å²) in [6, 6.07) is 0. The fraction of sp³-hybridized carbons (Fsp3) is 0.526. The molecule has 0 spiro atoms. The van der Waals surface area contributed by atoms with Gasteiger partial charge in [-0.15, -0.1) is 0 Å². The molecule has 0 aliphatic heterocycles. The minimum absolute atomic E-state index is 0.439. The number of allylic oxidation sites excluding steroid dienone is 8. The Morgan fingerprint density at radius 2 is 1.96 bits per heavy atom. The van der Waals surface area contributed by atoms with E-state index in [1.165, 1.54) is 30.4 Å². The molecule has 0 bridgehead atoms. The molecule has 3 aliphatic rings. The molecule has 3 rings (SSSR count). The van der Waals surface area contributed by atoms with Crippen molar-refractivity contribution in [2.75, 3.05) is 0 Å². The zero-order valence-corrected chi connectivity index (χ0v) is 21.7. The van der Waals surface area contributed by atoms with Crippen LogP contribution in [-0.4, -0.2) is 18.3 Å². The van der Waals surface area contributed by atoms with E-state index >= 15 is 0 Å². The molecule has 2 atom stereocenters. The first-order valence-electron chi connectivity index (χ1n) is 8.57. The first kappa shape index (κ1) is 18.6. The van der Waals surface area contributed by atoms with Crippen LogP contribution in [0.15, 0.2) is 46.1 Å². The van der Waals surface area contributed by atoms with E-state index in [1.54, 1.807) is 16.7 Å². The molecule has 0 nitrogen and oxygen atoms in total. The molecule has 0 aromatic rings. The molecule has 0 saturated heterocycles. The Morgan fingerprint density at radius 3 is 2.52 bits per heavy atom. The van der Waals surface area contributed by atoms with E-state index < -0.39 is 33.0 Å². The van der Waals surface area contributed by atoms with Crippen molar-refractivity contribution in [1.29, 1.82) is 0 Å². The second-order valence-electron chi connectivity index (χ2n) is 7.14. The molecule has 0 fully saturated rings. The van der Waals surface area contributed by atoms with Crippen molar-refractivity contribution in [2.24, 2.45) is 5.92 Å². The molecule has 0 aromatic carbocycles. The zero-order valence-electron chi connectivity index (χ0n) is 14.5. The first-order valence-corrected chi connectivity index (χ1v) is 24.8. The number of halogens is 2. The fourth-order valence-electron chi connectivity index (χ4n) is 4.61. The zero-order chi connectivity index (χ0) is 16.7. The van der Waals surface area contributed by atoms with Crippen LogP contribution in [0.5, 0.6) is 0 Å². The van der Waals surface area contributed by atoms with Gasteiger partial charge in [-0.2, -0.15) is 0 Å². The van der Waals surface area contributed by atoms with Gasteiger partial charge < -0.3 is 0 Å². The fourth-order valence-corrected chi connectivity index (χ4v) is 16.7. The van der Waals surface area contributed by atoms with Crippen molar-refractivity contribution in [1.82, 2.24) is 0 Å². The van der Waals surface area contributed by atoms with Gasteiger partial charge in [0.15, 0.2) is 0 Å².